The van der Waals surface area contributed by atoms with Gasteiger partial charge in [0.25, 0.3) is 0 Å². The van der Waals surface area contributed by atoms with Gasteiger partial charge in [0.05, 0.1) is 0 Å². The second-order valence-corrected chi connectivity index (χ2v) is 0. The van der Waals surface area contributed by atoms with Crippen molar-refractivity contribution in [2.75, 3.05) is 0 Å². The molecule has 0 fully saturated rings. The zero-order valence-electron chi connectivity index (χ0n) is 1.66. The maximum Gasteiger partial charge on any atom is 0 e. The van der Waals surface area contributed by atoms with Crippen LogP contribution in [0.25, 0.3) is 0 Å². The van der Waals surface area contributed by atoms with Crippen molar-refractivity contribution in [3.63, 3.8) is 0 Å². The van der Waals surface area contributed by atoms with E-state index in [1.54, 1.807) is 0 Å². The summed E-state index contributed by atoms with van der Waals surface area (Å²) in [6, 6.07) is 0. The Balaban J connectivity index is 0. The summed E-state index contributed by atoms with van der Waals surface area (Å²) in [5.41, 5.74) is 0. The first-order valence-electron chi connectivity index (χ1n) is 0. The van der Waals surface area contributed by atoms with Crippen molar-refractivity contribution in [1.29, 1.82) is 0 Å². The molecule has 32 valence electrons. The Morgan fingerprint density at radius 2 is 0.750 bits per heavy atom. The zero-order valence-corrected chi connectivity index (χ0v) is 7.62. The summed E-state index contributed by atoms with van der Waals surface area (Å²) in [7, 11) is 0. The summed E-state index contributed by atoms with van der Waals surface area (Å²) < 4.78 is 0. The van der Waals surface area contributed by atoms with Gasteiger partial charge in [0, 0.05) is 70.7 Å². The molecule has 0 atom stereocenters. The second-order valence-electron chi connectivity index (χ2n) is 0. The van der Waals surface area contributed by atoms with E-state index in [-0.39, 0.29) is 70.7 Å². The van der Waals surface area contributed by atoms with Crippen LogP contribution in [-0.4, -0.2) is 0 Å². The van der Waals surface area contributed by atoms with Crippen LogP contribution in [-0.2, 0) is 70.7 Å². The van der Waals surface area contributed by atoms with E-state index in [0.717, 1.165) is 0 Å². The van der Waals surface area contributed by atoms with Crippen LogP contribution in [0.2, 0.25) is 0 Å². The van der Waals surface area contributed by atoms with Gasteiger partial charge in [0.15, 0.2) is 0 Å². The Bertz CT molecular complexity index is 6.00. The molecule has 0 saturated carbocycles. The van der Waals surface area contributed by atoms with E-state index in [1.165, 1.54) is 0 Å². The largest absolute Gasteiger partial charge is 0 e. The third-order valence-electron chi connectivity index (χ3n) is 0. The van der Waals surface area contributed by atoms with Crippen molar-refractivity contribution < 1.29 is 70.7 Å². The normalized spacial score (nSPS) is 0. The van der Waals surface area contributed by atoms with Crippen LogP contribution in [0.1, 0.15) is 0 Å². The molecule has 4 heavy (non-hydrogen) atoms. The molecule has 0 spiro atoms. The van der Waals surface area contributed by atoms with Gasteiger partial charge in [-0.15, -0.1) is 0 Å². The summed E-state index contributed by atoms with van der Waals surface area (Å²) in [5.74, 6) is 0. The third-order valence-corrected chi connectivity index (χ3v) is 0. The van der Waals surface area contributed by atoms with Crippen molar-refractivity contribution in [1.82, 2.24) is 0 Å². The average molecular weight is 248 g/mol. The first-order valence-corrected chi connectivity index (χ1v) is 0. The van der Waals surface area contributed by atoms with E-state index < -0.39 is 0 Å². The second kappa shape index (κ2) is 19.0. The molecular formula is Cu2FeZn. The van der Waals surface area contributed by atoms with Crippen molar-refractivity contribution >= 4 is 0 Å². The van der Waals surface area contributed by atoms with Gasteiger partial charge in [-0.2, -0.15) is 0 Å². The van der Waals surface area contributed by atoms with Crippen LogP contribution in [0.4, 0.5) is 0 Å². The SMILES string of the molecule is [Cu].[Cu].[Fe].[Zn]. The first-order chi connectivity index (χ1) is 0. The van der Waals surface area contributed by atoms with Crippen molar-refractivity contribution in [2.45, 2.75) is 0 Å². The summed E-state index contributed by atoms with van der Waals surface area (Å²) in [6.45, 7) is 0. The van der Waals surface area contributed by atoms with E-state index in [2.05, 4.69) is 0 Å². The van der Waals surface area contributed by atoms with E-state index >= 15 is 0 Å². The molecule has 0 aromatic carbocycles. The van der Waals surface area contributed by atoms with Gasteiger partial charge in [-0.1, -0.05) is 0 Å². The third kappa shape index (κ3) is 8.89. The van der Waals surface area contributed by atoms with Crippen LogP contribution in [0.15, 0.2) is 0 Å². The Kier molecular flexibility index (Phi) is 166. The fraction of sp³-hybridized carbons (Fsp3) is 0. The Morgan fingerprint density at radius 1 is 0.750 bits per heavy atom. The van der Waals surface area contributed by atoms with E-state index in [4.69, 9.17) is 0 Å². The fourth-order valence-electron chi connectivity index (χ4n) is 0. The van der Waals surface area contributed by atoms with Crippen molar-refractivity contribution in [2.24, 2.45) is 0 Å². The summed E-state index contributed by atoms with van der Waals surface area (Å²) in [6.07, 6.45) is 0. The van der Waals surface area contributed by atoms with Crippen LogP contribution >= 0.6 is 0 Å². The molecule has 0 N–H and O–H groups in total. The number of rotatable bonds is 0. The monoisotopic (exact) mass is 246 g/mol. The van der Waals surface area contributed by atoms with Crippen molar-refractivity contribution in [3.8, 4) is 0 Å². The van der Waals surface area contributed by atoms with Gasteiger partial charge in [-0.25, -0.2) is 0 Å². The fourth-order valence-corrected chi connectivity index (χ4v) is 0. The first kappa shape index (κ1) is 34.9. The molecule has 0 bridgehead atoms. The molecule has 0 aliphatic heterocycles. The van der Waals surface area contributed by atoms with Gasteiger partial charge in [0.1, 0.15) is 0 Å². The molecule has 0 aliphatic carbocycles. The molecule has 2 radical (unpaired) electrons. The predicted molar refractivity (Wildman–Crippen MR) is 0 cm³/mol. The summed E-state index contributed by atoms with van der Waals surface area (Å²) in [4.78, 5) is 0. The molecular weight excluding hydrogens is 248 g/mol. The number of hydrogen-bond acceptors (Lipinski definition) is 0. The molecule has 0 saturated heterocycles. The van der Waals surface area contributed by atoms with Gasteiger partial charge < -0.3 is 0 Å². The molecule has 4 heteroatoms. The minimum Gasteiger partial charge on any atom is 0 e. The predicted octanol–water partition coefficient (Wildman–Crippen LogP) is -0.0100. The van der Waals surface area contributed by atoms with E-state index in [9.17, 15) is 0 Å². The molecule has 0 aromatic heterocycles. The summed E-state index contributed by atoms with van der Waals surface area (Å²) >= 11 is 0. The Labute approximate surface area is 70.0 Å². The molecule has 0 rings (SSSR count). The van der Waals surface area contributed by atoms with E-state index in [1.807, 2.05) is 0 Å². The van der Waals surface area contributed by atoms with Gasteiger partial charge >= 0.3 is 0 Å². The Hall–Kier alpha value is 2.18. The van der Waals surface area contributed by atoms with Crippen LogP contribution in [0.5, 0.6) is 0 Å². The van der Waals surface area contributed by atoms with E-state index in [0.29, 0.717) is 0 Å². The summed E-state index contributed by atoms with van der Waals surface area (Å²) in [5, 5.41) is 0. The Morgan fingerprint density at radius 3 is 0.750 bits per heavy atom. The minimum atomic E-state index is 0. The van der Waals surface area contributed by atoms with Crippen LogP contribution in [0.3, 0.4) is 0 Å². The average Bonchev–Trinajstić information content (AvgIpc) is 0. The topological polar surface area (TPSA) is 0 Å². The molecule has 0 heterocycles. The molecule has 0 unspecified atom stereocenters. The van der Waals surface area contributed by atoms with Gasteiger partial charge in [-0.3, -0.25) is 0 Å². The van der Waals surface area contributed by atoms with Gasteiger partial charge in [0.2, 0.25) is 0 Å². The standard InChI is InChI=1S/2Cu.Fe.Zn. The molecule has 0 amide bonds. The molecule has 0 aromatic rings. The molecule has 0 aliphatic rings. The number of hydrogen-bond donors (Lipinski definition) is 0. The van der Waals surface area contributed by atoms with Gasteiger partial charge in [-0.05, 0) is 0 Å². The minimum absolute atomic E-state index is 0. The maximum absolute atomic E-state index is 0. The van der Waals surface area contributed by atoms with Crippen LogP contribution < -0.4 is 0 Å². The smallest absolute Gasteiger partial charge is 0 e. The van der Waals surface area contributed by atoms with Crippen LogP contribution in [0, 0.1) is 0 Å². The zero-order chi connectivity index (χ0) is 0. The van der Waals surface area contributed by atoms with Crippen molar-refractivity contribution in [3.05, 3.63) is 0 Å². The quantitative estimate of drug-likeness (QED) is 0.529. The maximum atomic E-state index is 0. The molecule has 0 nitrogen and oxygen atoms in total.